The van der Waals surface area contributed by atoms with Gasteiger partial charge in [-0.3, -0.25) is 9.78 Å². The molecule has 1 aromatic heterocycles. The summed E-state index contributed by atoms with van der Waals surface area (Å²) in [4.78, 5) is 15.3. The molecule has 0 aliphatic rings. The zero-order chi connectivity index (χ0) is 10.4. The third-order valence-corrected chi connectivity index (χ3v) is 1.81. The molecule has 0 bridgehead atoms. The highest BCUT2D eigenvalue weighted by atomic mass is 16.1. The van der Waals surface area contributed by atoms with Crippen LogP contribution in [0.4, 0.5) is 0 Å². The van der Waals surface area contributed by atoms with Crippen LogP contribution in [0.15, 0.2) is 24.5 Å². The molecule has 0 atom stereocenters. The van der Waals surface area contributed by atoms with Crippen molar-refractivity contribution in [1.29, 1.82) is 0 Å². The van der Waals surface area contributed by atoms with Crippen LogP contribution in [0.2, 0.25) is 0 Å². The number of amides is 1. The van der Waals surface area contributed by atoms with E-state index in [-0.39, 0.29) is 5.91 Å². The van der Waals surface area contributed by atoms with E-state index in [1.165, 1.54) is 0 Å². The highest BCUT2D eigenvalue weighted by Gasteiger charge is 2.03. The Bertz CT molecular complexity index is 283. The number of carbonyl (C=O) groups is 1. The first-order valence-corrected chi connectivity index (χ1v) is 4.84. The van der Waals surface area contributed by atoms with Gasteiger partial charge in [0, 0.05) is 25.4 Å². The summed E-state index contributed by atoms with van der Waals surface area (Å²) in [6.07, 6.45) is 4.06. The molecule has 0 radical (unpaired) electrons. The predicted octanol–water partition coefficient (Wildman–Crippen LogP) is 1.74. The molecule has 1 amide bonds. The van der Waals surface area contributed by atoms with Gasteiger partial charge in [0.2, 0.25) is 5.91 Å². The summed E-state index contributed by atoms with van der Waals surface area (Å²) in [7, 11) is 0. The van der Waals surface area contributed by atoms with Crippen molar-refractivity contribution in [3.8, 4) is 0 Å². The highest BCUT2D eigenvalue weighted by molar-refractivity contribution is 5.75. The van der Waals surface area contributed by atoms with E-state index in [9.17, 15) is 4.79 Å². The van der Waals surface area contributed by atoms with E-state index in [1.54, 1.807) is 12.4 Å². The standard InChI is InChI=1S/C11H16N2O/c1-9(2)6-11(14)13-8-10-4-3-5-12-7-10/h3-5,7,9H,6,8H2,1-2H3,(H,13,14). The van der Waals surface area contributed by atoms with Gasteiger partial charge in [0.25, 0.3) is 0 Å². The molecular weight excluding hydrogens is 176 g/mol. The normalized spacial score (nSPS) is 10.2. The van der Waals surface area contributed by atoms with Crippen LogP contribution in [-0.2, 0) is 11.3 Å². The van der Waals surface area contributed by atoms with E-state index in [0.29, 0.717) is 18.9 Å². The van der Waals surface area contributed by atoms with Crippen LogP contribution in [0.5, 0.6) is 0 Å². The SMILES string of the molecule is CC(C)CC(=O)NCc1cccnc1. The van der Waals surface area contributed by atoms with Crippen molar-refractivity contribution < 1.29 is 4.79 Å². The summed E-state index contributed by atoms with van der Waals surface area (Å²) in [6, 6.07) is 3.81. The Labute approximate surface area is 84.6 Å². The molecule has 76 valence electrons. The third kappa shape index (κ3) is 4.03. The Balaban J connectivity index is 2.31. The summed E-state index contributed by atoms with van der Waals surface area (Å²) in [6.45, 7) is 4.63. The van der Waals surface area contributed by atoms with E-state index in [1.807, 2.05) is 26.0 Å². The first-order valence-electron chi connectivity index (χ1n) is 4.84. The molecule has 0 spiro atoms. The number of aromatic nitrogens is 1. The Kier molecular flexibility index (Phi) is 4.11. The second kappa shape index (κ2) is 5.37. The maximum absolute atomic E-state index is 11.3. The summed E-state index contributed by atoms with van der Waals surface area (Å²) in [5.74, 6) is 0.507. The van der Waals surface area contributed by atoms with Crippen LogP contribution in [0.1, 0.15) is 25.8 Å². The molecule has 14 heavy (non-hydrogen) atoms. The molecule has 1 rings (SSSR count). The number of pyridine rings is 1. The second-order valence-corrected chi connectivity index (χ2v) is 3.74. The van der Waals surface area contributed by atoms with Crippen molar-refractivity contribution in [2.45, 2.75) is 26.8 Å². The number of hydrogen-bond acceptors (Lipinski definition) is 2. The largest absolute Gasteiger partial charge is 0.352 e. The summed E-state index contributed by atoms with van der Waals surface area (Å²) in [5, 5.41) is 2.85. The first-order chi connectivity index (χ1) is 6.68. The molecule has 3 nitrogen and oxygen atoms in total. The molecule has 0 fully saturated rings. The fourth-order valence-corrected chi connectivity index (χ4v) is 1.15. The average molecular weight is 192 g/mol. The Morgan fingerprint density at radius 1 is 1.57 bits per heavy atom. The quantitative estimate of drug-likeness (QED) is 0.789. The van der Waals surface area contributed by atoms with E-state index < -0.39 is 0 Å². The summed E-state index contributed by atoms with van der Waals surface area (Å²) >= 11 is 0. The topological polar surface area (TPSA) is 42.0 Å². The molecule has 0 saturated heterocycles. The van der Waals surface area contributed by atoms with Crippen LogP contribution in [-0.4, -0.2) is 10.9 Å². The Morgan fingerprint density at radius 3 is 2.93 bits per heavy atom. The zero-order valence-corrected chi connectivity index (χ0v) is 8.66. The van der Waals surface area contributed by atoms with Gasteiger partial charge in [0.15, 0.2) is 0 Å². The van der Waals surface area contributed by atoms with Gasteiger partial charge in [-0.05, 0) is 17.5 Å². The zero-order valence-electron chi connectivity index (χ0n) is 8.66. The first kappa shape index (κ1) is 10.7. The predicted molar refractivity (Wildman–Crippen MR) is 55.5 cm³/mol. The van der Waals surface area contributed by atoms with Crippen molar-refractivity contribution in [1.82, 2.24) is 10.3 Å². The lowest BCUT2D eigenvalue weighted by atomic mass is 10.1. The minimum atomic E-state index is 0.101. The van der Waals surface area contributed by atoms with Crippen LogP contribution in [0.25, 0.3) is 0 Å². The Morgan fingerprint density at radius 2 is 2.36 bits per heavy atom. The molecular formula is C11H16N2O. The van der Waals surface area contributed by atoms with E-state index >= 15 is 0 Å². The van der Waals surface area contributed by atoms with Crippen molar-refractivity contribution in [3.05, 3.63) is 30.1 Å². The number of nitrogens with zero attached hydrogens (tertiary/aromatic N) is 1. The van der Waals surface area contributed by atoms with Gasteiger partial charge in [-0.1, -0.05) is 19.9 Å². The fourth-order valence-electron chi connectivity index (χ4n) is 1.15. The summed E-state index contributed by atoms with van der Waals surface area (Å²) < 4.78 is 0. The monoisotopic (exact) mass is 192 g/mol. The van der Waals surface area contributed by atoms with Crippen molar-refractivity contribution in [2.75, 3.05) is 0 Å². The lowest BCUT2D eigenvalue weighted by Gasteiger charge is -2.06. The maximum atomic E-state index is 11.3. The van der Waals surface area contributed by atoms with Crippen molar-refractivity contribution in [3.63, 3.8) is 0 Å². The van der Waals surface area contributed by atoms with Crippen molar-refractivity contribution in [2.24, 2.45) is 5.92 Å². The molecule has 1 N–H and O–H groups in total. The van der Waals surface area contributed by atoms with Crippen LogP contribution in [0, 0.1) is 5.92 Å². The molecule has 1 aromatic rings. The average Bonchev–Trinajstić information content (AvgIpc) is 2.15. The molecule has 3 heteroatoms. The molecule has 0 aliphatic carbocycles. The molecule has 0 aliphatic heterocycles. The molecule has 0 aromatic carbocycles. The lowest BCUT2D eigenvalue weighted by molar-refractivity contribution is -0.121. The Hall–Kier alpha value is -1.38. The van der Waals surface area contributed by atoms with Crippen LogP contribution < -0.4 is 5.32 Å². The van der Waals surface area contributed by atoms with Crippen LogP contribution in [0.3, 0.4) is 0 Å². The van der Waals surface area contributed by atoms with Gasteiger partial charge in [0.05, 0.1) is 0 Å². The number of carbonyl (C=O) groups excluding carboxylic acids is 1. The lowest BCUT2D eigenvalue weighted by Crippen LogP contribution is -2.23. The summed E-state index contributed by atoms with van der Waals surface area (Å²) in [5.41, 5.74) is 1.03. The van der Waals surface area contributed by atoms with Gasteiger partial charge in [0.1, 0.15) is 0 Å². The highest BCUT2D eigenvalue weighted by Crippen LogP contribution is 1.99. The van der Waals surface area contributed by atoms with Gasteiger partial charge < -0.3 is 5.32 Å². The smallest absolute Gasteiger partial charge is 0.220 e. The van der Waals surface area contributed by atoms with Gasteiger partial charge in [-0.2, -0.15) is 0 Å². The second-order valence-electron chi connectivity index (χ2n) is 3.74. The minimum absolute atomic E-state index is 0.101. The minimum Gasteiger partial charge on any atom is -0.352 e. The van der Waals surface area contributed by atoms with E-state index in [2.05, 4.69) is 10.3 Å². The molecule has 1 heterocycles. The fraction of sp³-hybridized carbons (Fsp3) is 0.455. The number of rotatable bonds is 4. The van der Waals surface area contributed by atoms with E-state index in [0.717, 1.165) is 5.56 Å². The molecule has 0 unspecified atom stereocenters. The third-order valence-electron chi connectivity index (χ3n) is 1.81. The number of nitrogens with one attached hydrogen (secondary N) is 1. The maximum Gasteiger partial charge on any atom is 0.220 e. The molecule has 0 saturated carbocycles. The van der Waals surface area contributed by atoms with Gasteiger partial charge in [-0.15, -0.1) is 0 Å². The number of hydrogen-bond donors (Lipinski definition) is 1. The van der Waals surface area contributed by atoms with Gasteiger partial charge >= 0.3 is 0 Å². The van der Waals surface area contributed by atoms with E-state index in [4.69, 9.17) is 0 Å². The van der Waals surface area contributed by atoms with Gasteiger partial charge in [-0.25, -0.2) is 0 Å². The van der Waals surface area contributed by atoms with Crippen molar-refractivity contribution >= 4 is 5.91 Å². The van der Waals surface area contributed by atoms with Crippen LogP contribution >= 0.6 is 0 Å².